The highest BCUT2D eigenvalue weighted by Gasteiger charge is 2.68. The van der Waals surface area contributed by atoms with Crippen molar-refractivity contribution < 1.29 is 14.2 Å². The van der Waals surface area contributed by atoms with E-state index in [0.717, 1.165) is 55.9 Å². The zero-order valence-corrected chi connectivity index (χ0v) is 26.6. The number of ether oxygens (including phenoxy) is 1. The number of aliphatic hydroxyl groups is 1. The van der Waals surface area contributed by atoms with Crippen LogP contribution in [0.1, 0.15) is 118 Å². The van der Waals surface area contributed by atoms with Crippen LogP contribution in [0.5, 0.6) is 0 Å². The van der Waals surface area contributed by atoms with Gasteiger partial charge < -0.3 is 15.2 Å². The molecule has 2 N–H and O–H groups in total. The maximum Gasteiger partial charge on any atom is 0.112 e. The minimum absolute atomic E-state index is 0.157. The molecule has 7 rings (SSSR count). The van der Waals surface area contributed by atoms with Gasteiger partial charge in [-0.2, -0.15) is 0 Å². The third-order valence-corrected chi connectivity index (χ3v) is 15.5. The summed E-state index contributed by atoms with van der Waals surface area (Å²) >= 11 is 0. The molecule has 0 amide bonds. The highest BCUT2D eigenvalue weighted by Crippen LogP contribution is 2.75. The molecule has 0 bridgehead atoms. The lowest BCUT2D eigenvalue weighted by molar-refractivity contribution is -0.213. The molecule has 4 heteroatoms. The van der Waals surface area contributed by atoms with Gasteiger partial charge in [-0.05, 0) is 153 Å². The number of hydrogen-bond acceptors (Lipinski definition) is 3. The first-order valence-electron chi connectivity index (χ1n) is 17.6. The van der Waals surface area contributed by atoms with Gasteiger partial charge in [0.25, 0.3) is 0 Å². The minimum atomic E-state index is -0.587. The van der Waals surface area contributed by atoms with E-state index in [2.05, 4.69) is 45.2 Å². The van der Waals surface area contributed by atoms with E-state index in [4.69, 9.17) is 4.74 Å². The Morgan fingerprint density at radius 1 is 0.927 bits per heavy atom. The van der Waals surface area contributed by atoms with Crippen LogP contribution in [0.4, 0.5) is 4.39 Å². The average Bonchev–Trinajstić information content (AvgIpc) is 3.37. The summed E-state index contributed by atoms with van der Waals surface area (Å²) in [7, 11) is 0. The third kappa shape index (κ3) is 4.26. The normalized spacial score (nSPS) is 50.4. The summed E-state index contributed by atoms with van der Waals surface area (Å²) in [4.78, 5) is 0. The SMILES string of the molecule is CC1C(C2=CCC(CF)CC2)=CCC2(C)C1CCC1(C)C2CCC2C3CCCC3(NCCC3(O)COC3)CC[C@]21C. The molecule has 1 saturated heterocycles. The largest absolute Gasteiger partial charge is 0.385 e. The van der Waals surface area contributed by atoms with Crippen LogP contribution in [0.15, 0.2) is 23.3 Å². The van der Waals surface area contributed by atoms with E-state index in [1.54, 1.807) is 11.1 Å². The summed E-state index contributed by atoms with van der Waals surface area (Å²) < 4.78 is 18.6. The lowest BCUT2D eigenvalue weighted by atomic mass is 9.34. The standard InChI is InChI=1S/C37H58FNO2/c1-25-28(27-9-7-26(22-38)8-10-27)13-16-33(2)29(25)14-17-35(4)32(33)12-11-30-31-6-5-15-37(31,19-18-34(30,35)3)39-21-20-36(40)23-41-24-36/h9,13,25-26,29-32,39-40H,5-8,10-12,14-24H2,1-4H3/t25?,26?,29?,30?,31?,32?,33?,34-,35?,37?/m1/s1. The lowest BCUT2D eigenvalue weighted by Crippen LogP contribution is -2.67. The topological polar surface area (TPSA) is 41.5 Å². The minimum Gasteiger partial charge on any atom is -0.385 e. The Kier molecular flexibility index (Phi) is 7.19. The second-order valence-electron chi connectivity index (χ2n) is 16.9. The number of hydrogen-bond donors (Lipinski definition) is 2. The molecule has 0 aromatic heterocycles. The van der Waals surface area contributed by atoms with Crippen LogP contribution in [0.25, 0.3) is 0 Å². The van der Waals surface area contributed by atoms with E-state index >= 15 is 0 Å². The van der Waals surface area contributed by atoms with Gasteiger partial charge in [-0.15, -0.1) is 0 Å². The van der Waals surface area contributed by atoms with Crippen molar-refractivity contribution in [1.29, 1.82) is 0 Å². The van der Waals surface area contributed by atoms with E-state index in [0.29, 0.717) is 40.9 Å². The number of alkyl halides is 1. The van der Waals surface area contributed by atoms with E-state index < -0.39 is 5.60 Å². The smallest absolute Gasteiger partial charge is 0.112 e. The fourth-order valence-corrected chi connectivity index (χ4v) is 12.9. The molecular weight excluding hydrogens is 509 g/mol. The number of nitrogens with one attached hydrogen (secondary N) is 1. The van der Waals surface area contributed by atoms with Gasteiger partial charge in [0.05, 0.1) is 19.9 Å². The van der Waals surface area contributed by atoms with Gasteiger partial charge in [-0.1, -0.05) is 46.3 Å². The van der Waals surface area contributed by atoms with Crippen molar-refractivity contribution in [2.75, 3.05) is 26.4 Å². The molecule has 5 fully saturated rings. The Labute approximate surface area is 249 Å². The van der Waals surface area contributed by atoms with Crippen LogP contribution in [0, 0.1) is 51.8 Å². The fraction of sp³-hybridized carbons (Fsp3) is 0.892. The van der Waals surface area contributed by atoms with Crippen molar-refractivity contribution in [3.8, 4) is 0 Å². The second-order valence-corrected chi connectivity index (χ2v) is 16.9. The highest BCUT2D eigenvalue weighted by molar-refractivity contribution is 5.38. The Balaban J connectivity index is 1.11. The molecule has 4 saturated carbocycles. The summed E-state index contributed by atoms with van der Waals surface area (Å²) in [6, 6.07) is 0. The summed E-state index contributed by atoms with van der Waals surface area (Å²) in [5, 5.41) is 14.7. The van der Waals surface area contributed by atoms with Gasteiger partial charge in [0.2, 0.25) is 0 Å². The Hall–Kier alpha value is -0.710. The first-order chi connectivity index (χ1) is 19.6. The van der Waals surface area contributed by atoms with E-state index in [-0.39, 0.29) is 12.6 Å². The van der Waals surface area contributed by atoms with Crippen LogP contribution in [0.2, 0.25) is 0 Å². The highest BCUT2D eigenvalue weighted by atomic mass is 19.1. The molecular formula is C37H58FNO2. The van der Waals surface area contributed by atoms with E-state index in [1.807, 2.05) is 0 Å². The predicted octanol–water partition coefficient (Wildman–Crippen LogP) is 8.18. The first-order valence-corrected chi connectivity index (χ1v) is 17.6. The van der Waals surface area contributed by atoms with Crippen LogP contribution in [0.3, 0.4) is 0 Å². The molecule has 0 aromatic carbocycles. The van der Waals surface area contributed by atoms with Gasteiger partial charge >= 0.3 is 0 Å². The second kappa shape index (κ2) is 10.2. The van der Waals surface area contributed by atoms with Gasteiger partial charge in [0.15, 0.2) is 0 Å². The van der Waals surface area contributed by atoms with Crippen molar-refractivity contribution in [3.05, 3.63) is 23.3 Å². The lowest BCUT2D eigenvalue weighted by Gasteiger charge is -2.71. The zero-order valence-electron chi connectivity index (χ0n) is 26.6. The van der Waals surface area contributed by atoms with Gasteiger partial charge in [-0.3, -0.25) is 4.39 Å². The Morgan fingerprint density at radius 3 is 2.46 bits per heavy atom. The van der Waals surface area contributed by atoms with Crippen molar-refractivity contribution in [1.82, 2.24) is 5.32 Å². The summed E-state index contributed by atoms with van der Waals surface area (Å²) in [5.74, 6) is 4.08. The Bertz CT molecular complexity index is 1080. The molecule has 0 spiro atoms. The molecule has 230 valence electrons. The van der Waals surface area contributed by atoms with E-state index in [9.17, 15) is 9.50 Å². The van der Waals surface area contributed by atoms with Crippen LogP contribution >= 0.6 is 0 Å². The molecule has 7 aliphatic rings. The molecule has 41 heavy (non-hydrogen) atoms. The molecule has 1 aliphatic heterocycles. The van der Waals surface area contributed by atoms with Crippen LogP contribution in [-0.2, 0) is 4.74 Å². The van der Waals surface area contributed by atoms with Gasteiger partial charge in [0, 0.05) is 5.54 Å². The molecule has 0 aromatic rings. The van der Waals surface area contributed by atoms with Gasteiger partial charge in [0.1, 0.15) is 5.60 Å². The quantitative estimate of drug-likeness (QED) is 0.340. The van der Waals surface area contributed by atoms with Crippen molar-refractivity contribution in [3.63, 3.8) is 0 Å². The molecule has 6 aliphatic carbocycles. The first kappa shape index (κ1) is 29.0. The van der Waals surface area contributed by atoms with E-state index in [1.165, 1.54) is 64.2 Å². The third-order valence-electron chi connectivity index (χ3n) is 15.5. The summed E-state index contributed by atoms with van der Waals surface area (Å²) in [6.45, 7) is 12.5. The maximum atomic E-state index is 13.3. The fourth-order valence-electron chi connectivity index (χ4n) is 12.9. The molecule has 0 radical (unpaired) electrons. The monoisotopic (exact) mass is 567 g/mol. The predicted molar refractivity (Wildman–Crippen MR) is 164 cm³/mol. The maximum absolute atomic E-state index is 13.3. The van der Waals surface area contributed by atoms with Crippen molar-refractivity contribution >= 4 is 0 Å². The van der Waals surface area contributed by atoms with Crippen LogP contribution < -0.4 is 5.32 Å². The average molecular weight is 568 g/mol. The number of rotatable bonds is 6. The van der Waals surface area contributed by atoms with Crippen molar-refractivity contribution in [2.45, 2.75) is 129 Å². The summed E-state index contributed by atoms with van der Waals surface area (Å²) in [6.07, 6.45) is 22.5. The van der Waals surface area contributed by atoms with Gasteiger partial charge in [-0.25, -0.2) is 0 Å². The Morgan fingerprint density at radius 2 is 1.76 bits per heavy atom. The molecule has 1 heterocycles. The number of allylic oxidation sites excluding steroid dienone is 4. The number of fused-ring (bicyclic) bond motifs is 7. The van der Waals surface area contributed by atoms with Crippen LogP contribution in [-0.4, -0.2) is 42.7 Å². The zero-order chi connectivity index (χ0) is 28.7. The molecule has 9 unspecified atom stereocenters. The summed E-state index contributed by atoms with van der Waals surface area (Å²) in [5.41, 5.74) is 4.12. The molecule has 3 nitrogen and oxygen atoms in total. The van der Waals surface area contributed by atoms with Crippen molar-refractivity contribution in [2.24, 2.45) is 51.8 Å². The molecule has 10 atom stereocenters. The number of halogens is 1.